The number of hydrogen-bond donors (Lipinski definition) is 2. The van der Waals surface area contributed by atoms with Crippen LogP contribution >= 0.6 is 46.4 Å². The van der Waals surface area contributed by atoms with Crippen LogP contribution in [0.4, 0.5) is 0 Å². The van der Waals surface area contributed by atoms with Crippen molar-refractivity contribution in [2.45, 2.75) is 39.8 Å². The molecule has 0 aliphatic rings. The van der Waals surface area contributed by atoms with Crippen molar-refractivity contribution in [3.63, 3.8) is 0 Å². The van der Waals surface area contributed by atoms with E-state index in [2.05, 4.69) is 0 Å². The Labute approximate surface area is 346 Å². The maximum absolute atomic E-state index is 13.1. The fraction of sp³-hybridized carbons (Fsp3) is 0.214. The van der Waals surface area contributed by atoms with Gasteiger partial charge in [-0.3, -0.25) is 14.4 Å². The molecule has 296 valence electrons. The van der Waals surface area contributed by atoms with Crippen LogP contribution < -0.4 is 10.9 Å². The fourth-order valence-corrected chi connectivity index (χ4v) is 6.96. The number of fused-ring (bicyclic) bond motifs is 2. The molecule has 4 aromatic carbocycles. The van der Waals surface area contributed by atoms with Crippen molar-refractivity contribution in [2.24, 2.45) is 0 Å². The molecule has 2 N–H and O–H groups in total. The lowest BCUT2D eigenvalue weighted by atomic mass is 10.0. The molecule has 0 saturated carbocycles. The number of carbonyl (C=O) groups is 3. The minimum Gasteiger partial charge on any atom is -0.477 e. The van der Waals surface area contributed by atoms with Gasteiger partial charge < -0.3 is 28.8 Å². The smallest absolute Gasteiger partial charge is 0.343 e. The summed E-state index contributed by atoms with van der Waals surface area (Å²) in [4.78, 5) is 60.4. The number of nitrogens with zero attached hydrogens (tertiary/aromatic N) is 2. The second-order valence-electron chi connectivity index (χ2n) is 12.7. The molecule has 0 saturated heterocycles. The monoisotopic (exact) mass is 852 g/mol. The van der Waals surface area contributed by atoms with Crippen molar-refractivity contribution in [3.8, 4) is 0 Å². The number of rotatable bonds is 12. The summed E-state index contributed by atoms with van der Waals surface area (Å²) in [5, 5.41) is 21.0. The standard InChI is InChI=1S/C23H21Cl2NO5.C19H15Cl2NO4/c1-3-30-23(29)18-13-26(9-10-31-14(2)27)20-8-7-15(12-17(20)22(18)28)11-16-5-4-6-19(24)21(16)25;20-15-3-1-2-12(17(15)21)8-11-4-5-16-13(9-11)18(24)14(19(25)26)10-22(16)6-7-23/h4-8,12-13H,3,9-11H2,1-2H3;1-5,9-10,23H,6-8H2,(H,25,26). The number of carboxylic acids is 1. The van der Waals surface area contributed by atoms with Crippen LogP contribution in [-0.4, -0.2) is 57.1 Å². The number of esters is 2. The molecule has 0 unspecified atom stereocenters. The number of carboxylic acid groups (broad SMARTS) is 1. The summed E-state index contributed by atoms with van der Waals surface area (Å²) in [6.45, 7) is 3.55. The molecular weight excluding hydrogens is 818 g/mol. The zero-order valence-electron chi connectivity index (χ0n) is 30.7. The summed E-state index contributed by atoms with van der Waals surface area (Å²) >= 11 is 24.7. The minimum atomic E-state index is -1.30. The lowest BCUT2D eigenvalue weighted by Gasteiger charge is -2.14. The van der Waals surface area contributed by atoms with Crippen LogP contribution in [0.2, 0.25) is 20.1 Å². The van der Waals surface area contributed by atoms with Gasteiger partial charge in [-0.2, -0.15) is 0 Å². The van der Waals surface area contributed by atoms with E-state index in [1.807, 2.05) is 30.3 Å². The Morgan fingerprint density at radius 3 is 1.65 bits per heavy atom. The van der Waals surface area contributed by atoms with E-state index in [0.29, 0.717) is 49.4 Å². The van der Waals surface area contributed by atoms with Crippen LogP contribution in [0.25, 0.3) is 21.8 Å². The van der Waals surface area contributed by atoms with Gasteiger partial charge in [-0.1, -0.05) is 82.8 Å². The van der Waals surface area contributed by atoms with Gasteiger partial charge in [0.25, 0.3) is 0 Å². The van der Waals surface area contributed by atoms with Crippen LogP contribution in [0.5, 0.6) is 0 Å². The molecule has 0 fully saturated rings. The molecule has 0 atom stereocenters. The summed E-state index contributed by atoms with van der Waals surface area (Å²) < 4.78 is 13.3. The van der Waals surface area contributed by atoms with E-state index in [-0.39, 0.29) is 49.4 Å². The maximum atomic E-state index is 13.1. The van der Waals surface area contributed by atoms with Gasteiger partial charge in [0.05, 0.1) is 50.9 Å². The first-order valence-corrected chi connectivity index (χ1v) is 19.1. The van der Waals surface area contributed by atoms with Crippen LogP contribution in [-0.2, 0) is 40.2 Å². The first kappa shape index (κ1) is 43.0. The molecular formula is C42H36Cl4N2O9. The van der Waals surface area contributed by atoms with Gasteiger partial charge in [0.1, 0.15) is 17.7 Å². The third kappa shape index (κ3) is 10.2. The fourth-order valence-electron chi connectivity index (χ4n) is 6.19. The average molecular weight is 855 g/mol. The highest BCUT2D eigenvalue weighted by atomic mass is 35.5. The largest absolute Gasteiger partial charge is 0.477 e. The van der Waals surface area contributed by atoms with Crippen molar-refractivity contribution >= 4 is 86.1 Å². The number of aromatic carboxylic acids is 1. The maximum Gasteiger partial charge on any atom is 0.343 e. The van der Waals surface area contributed by atoms with E-state index in [1.54, 1.807) is 58.5 Å². The van der Waals surface area contributed by atoms with E-state index >= 15 is 0 Å². The van der Waals surface area contributed by atoms with Crippen LogP contribution in [0.1, 0.15) is 56.8 Å². The highest BCUT2D eigenvalue weighted by molar-refractivity contribution is 6.43. The Morgan fingerprint density at radius 1 is 0.684 bits per heavy atom. The predicted octanol–water partition coefficient (Wildman–Crippen LogP) is 8.23. The number of aliphatic hydroxyl groups is 1. The number of aliphatic hydroxyl groups excluding tert-OH is 1. The Hall–Kier alpha value is -5.17. The van der Waals surface area contributed by atoms with Crippen LogP contribution in [0, 0.1) is 0 Å². The van der Waals surface area contributed by atoms with Crippen molar-refractivity contribution in [3.05, 3.63) is 159 Å². The van der Waals surface area contributed by atoms with Gasteiger partial charge in [0, 0.05) is 36.6 Å². The molecule has 15 heteroatoms. The molecule has 6 rings (SSSR count). The molecule has 0 aliphatic carbocycles. The van der Waals surface area contributed by atoms with Crippen molar-refractivity contribution in [1.82, 2.24) is 9.13 Å². The molecule has 2 aromatic heterocycles. The second-order valence-corrected chi connectivity index (χ2v) is 14.3. The lowest BCUT2D eigenvalue weighted by Crippen LogP contribution is -2.22. The third-order valence-electron chi connectivity index (χ3n) is 8.85. The molecule has 11 nitrogen and oxygen atoms in total. The van der Waals surface area contributed by atoms with Crippen LogP contribution in [0.3, 0.4) is 0 Å². The summed E-state index contributed by atoms with van der Waals surface area (Å²) in [6, 6.07) is 21.4. The molecule has 57 heavy (non-hydrogen) atoms. The van der Waals surface area contributed by atoms with E-state index in [9.17, 15) is 34.2 Å². The van der Waals surface area contributed by atoms with Gasteiger partial charge in [-0.05, 0) is 78.4 Å². The molecule has 0 spiro atoms. The van der Waals surface area contributed by atoms with Crippen LogP contribution in [0.15, 0.2) is 94.8 Å². The van der Waals surface area contributed by atoms with Gasteiger partial charge in [-0.15, -0.1) is 0 Å². The van der Waals surface area contributed by atoms with Crippen molar-refractivity contribution in [1.29, 1.82) is 0 Å². The summed E-state index contributed by atoms with van der Waals surface area (Å²) in [7, 11) is 0. The van der Waals surface area contributed by atoms with E-state index in [1.165, 1.54) is 19.3 Å². The van der Waals surface area contributed by atoms with E-state index in [4.69, 9.17) is 55.9 Å². The number of ether oxygens (including phenoxy) is 2. The number of benzene rings is 4. The Morgan fingerprint density at radius 2 is 1.18 bits per heavy atom. The SMILES string of the molecule is CCOC(=O)c1cn(CCOC(C)=O)c2ccc(Cc3cccc(Cl)c3Cl)cc2c1=O.O=C(O)c1cn(CCO)c2ccc(Cc3cccc(Cl)c3Cl)cc2c1=O. The van der Waals surface area contributed by atoms with Gasteiger partial charge in [-0.25, -0.2) is 9.59 Å². The molecule has 0 bridgehead atoms. The quantitative estimate of drug-likeness (QED) is 0.116. The summed E-state index contributed by atoms with van der Waals surface area (Å²) in [5.41, 5.74) is 3.07. The van der Waals surface area contributed by atoms with Crippen molar-refractivity contribution in [2.75, 3.05) is 19.8 Å². The average Bonchev–Trinajstić information content (AvgIpc) is 3.17. The highest BCUT2D eigenvalue weighted by Crippen LogP contribution is 2.29. The van der Waals surface area contributed by atoms with Gasteiger partial charge in [0.2, 0.25) is 10.9 Å². The topological polar surface area (TPSA) is 154 Å². The minimum absolute atomic E-state index is 0.0740. The predicted molar refractivity (Wildman–Crippen MR) is 222 cm³/mol. The van der Waals surface area contributed by atoms with E-state index in [0.717, 1.165) is 22.3 Å². The normalized spacial score (nSPS) is 10.9. The Kier molecular flexibility index (Phi) is 14.6. The third-order valence-corrected chi connectivity index (χ3v) is 10.6. The molecule has 0 aliphatic heterocycles. The first-order chi connectivity index (χ1) is 27.2. The zero-order valence-corrected chi connectivity index (χ0v) is 33.7. The summed E-state index contributed by atoms with van der Waals surface area (Å²) in [5.74, 6) is -2.40. The molecule has 2 heterocycles. The molecule has 0 radical (unpaired) electrons. The molecule has 6 aromatic rings. The number of pyridine rings is 2. The van der Waals surface area contributed by atoms with Gasteiger partial charge >= 0.3 is 17.9 Å². The number of halogens is 4. The van der Waals surface area contributed by atoms with Crippen molar-refractivity contribution < 1.29 is 34.1 Å². The molecule has 0 amide bonds. The number of aromatic nitrogens is 2. The number of hydrogen-bond acceptors (Lipinski definition) is 8. The second kappa shape index (κ2) is 19.3. The Bertz CT molecular complexity index is 2620. The van der Waals surface area contributed by atoms with E-state index < -0.39 is 28.8 Å². The first-order valence-electron chi connectivity index (χ1n) is 17.6. The highest BCUT2D eigenvalue weighted by Gasteiger charge is 2.18. The summed E-state index contributed by atoms with van der Waals surface area (Å²) in [6.07, 6.45) is 3.62. The Balaban J connectivity index is 0.000000221. The number of carbonyl (C=O) groups excluding carboxylic acids is 2. The van der Waals surface area contributed by atoms with Gasteiger partial charge in [0.15, 0.2) is 0 Å². The lowest BCUT2D eigenvalue weighted by molar-refractivity contribution is -0.141. The zero-order chi connectivity index (χ0) is 41.4.